The third-order valence-corrected chi connectivity index (χ3v) is 11.7. The molecule has 3 aromatic carbocycles. The molecule has 1 amide bonds. The number of hydrogen-bond acceptors (Lipinski definition) is 10. The number of fused-ring (bicyclic) bond motifs is 2. The van der Waals surface area contributed by atoms with Crippen LogP contribution in [0.5, 0.6) is 0 Å². The van der Waals surface area contributed by atoms with Gasteiger partial charge in [-0.15, -0.1) is 11.3 Å². The number of nitrogens with one attached hydrogen (secondary N) is 1. The third kappa shape index (κ3) is 6.71. The molecular formula is C38H40N6O4S2. The predicted octanol–water partition coefficient (Wildman–Crippen LogP) is 6.44. The van der Waals surface area contributed by atoms with Crippen LogP contribution in [0.2, 0.25) is 0 Å². The second-order valence-electron chi connectivity index (χ2n) is 13.7. The van der Waals surface area contributed by atoms with Crippen LogP contribution in [-0.2, 0) is 34.3 Å². The van der Waals surface area contributed by atoms with Gasteiger partial charge in [0.2, 0.25) is 21.8 Å². The molecule has 10 nitrogen and oxygen atoms in total. The minimum Gasteiger partial charge on any atom is -0.435 e. The van der Waals surface area contributed by atoms with Crippen LogP contribution in [0.4, 0.5) is 0 Å². The van der Waals surface area contributed by atoms with E-state index in [9.17, 15) is 18.5 Å². The fourth-order valence-corrected chi connectivity index (χ4v) is 8.86. The van der Waals surface area contributed by atoms with Crippen molar-refractivity contribution in [1.82, 2.24) is 24.5 Å². The van der Waals surface area contributed by atoms with Gasteiger partial charge in [-0.2, -0.15) is 5.26 Å². The van der Waals surface area contributed by atoms with Crippen LogP contribution in [0.25, 0.3) is 44.3 Å². The lowest BCUT2D eigenvalue weighted by Crippen LogP contribution is -2.36. The molecule has 50 heavy (non-hydrogen) atoms. The van der Waals surface area contributed by atoms with E-state index in [4.69, 9.17) is 14.4 Å². The molecular weight excluding hydrogens is 669 g/mol. The number of carbonyl (C=O) groups excluding carboxylic acids is 1. The Hall–Kier alpha value is -4.41. The number of carbonyl (C=O) groups is 1. The van der Waals surface area contributed by atoms with Crippen LogP contribution in [0.15, 0.2) is 52.9 Å². The highest BCUT2D eigenvalue weighted by atomic mass is 32.2. The van der Waals surface area contributed by atoms with E-state index in [0.29, 0.717) is 54.7 Å². The Morgan fingerprint density at radius 2 is 1.76 bits per heavy atom. The van der Waals surface area contributed by atoms with Crippen molar-refractivity contribution >= 4 is 38.4 Å². The third-order valence-electron chi connectivity index (χ3n) is 9.91. The van der Waals surface area contributed by atoms with E-state index in [0.717, 1.165) is 64.2 Å². The Morgan fingerprint density at radius 3 is 2.46 bits per heavy atom. The number of nitriles is 1. The molecule has 12 heteroatoms. The van der Waals surface area contributed by atoms with Crippen LogP contribution in [0.1, 0.15) is 53.1 Å². The standard InChI is InChI=1S/C38H40N6O4S2/c1-22(2)44-15-13-34-33(21-44)41-38(49-34)31-11-7-9-29(24(31)4)28-8-6-10-30(23(28)3)37-40-32-17-25(16-27(18-39)35(32)48-37)19-43-14-12-26(20-43)36(45)42-50(5,46)47/h6-11,16-17,22,26H,12-15,19-21H2,1-5H3,(H,42,45)/t26-/m1/s1. The summed E-state index contributed by atoms with van der Waals surface area (Å²) in [6, 6.07) is 19.0. The highest BCUT2D eigenvalue weighted by Gasteiger charge is 2.30. The van der Waals surface area contributed by atoms with Crippen LogP contribution in [0, 0.1) is 31.1 Å². The summed E-state index contributed by atoms with van der Waals surface area (Å²) < 4.78 is 31.4. The molecule has 2 aromatic heterocycles. The molecule has 0 saturated carbocycles. The van der Waals surface area contributed by atoms with Gasteiger partial charge in [-0.25, -0.2) is 18.4 Å². The molecule has 0 aliphatic carbocycles. The number of rotatable bonds is 8. The van der Waals surface area contributed by atoms with Gasteiger partial charge in [-0.1, -0.05) is 30.3 Å². The van der Waals surface area contributed by atoms with Crippen molar-refractivity contribution in [2.24, 2.45) is 5.92 Å². The van der Waals surface area contributed by atoms with Crippen LogP contribution in [-0.4, -0.2) is 66.0 Å². The van der Waals surface area contributed by atoms with E-state index < -0.39 is 21.8 Å². The molecule has 2 aliphatic rings. The fraction of sp³-hybridized carbons (Fsp3) is 0.368. The zero-order chi connectivity index (χ0) is 35.3. The van der Waals surface area contributed by atoms with Crippen molar-refractivity contribution in [2.45, 2.75) is 59.7 Å². The molecule has 4 heterocycles. The molecule has 0 unspecified atom stereocenters. The first-order valence-corrected chi connectivity index (χ1v) is 19.6. The fourth-order valence-electron chi connectivity index (χ4n) is 7.19. The van der Waals surface area contributed by atoms with E-state index in [1.54, 1.807) is 6.07 Å². The Kier molecular flexibility index (Phi) is 9.11. The van der Waals surface area contributed by atoms with E-state index in [-0.39, 0.29) is 0 Å². The largest absolute Gasteiger partial charge is 0.435 e. The van der Waals surface area contributed by atoms with Crippen molar-refractivity contribution in [3.63, 3.8) is 0 Å². The van der Waals surface area contributed by atoms with Crippen molar-refractivity contribution in [3.8, 4) is 39.2 Å². The quantitative estimate of drug-likeness (QED) is 0.194. The van der Waals surface area contributed by atoms with E-state index >= 15 is 0 Å². The second-order valence-corrected chi connectivity index (χ2v) is 16.6. The first kappa shape index (κ1) is 34.1. The molecule has 1 fully saturated rings. The Bertz CT molecular complexity index is 2280. The van der Waals surface area contributed by atoms with Gasteiger partial charge in [-0.05, 0) is 93.1 Å². The summed E-state index contributed by atoms with van der Waals surface area (Å²) in [5.41, 5.74) is 9.90. The van der Waals surface area contributed by atoms with Crippen molar-refractivity contribution in [2.75, 3.05) is 25.9 Å². The number of hydrogen-bond donors (Lipinski definition) is 1. The second kappa shape index (κ2) is 13.4. The van der Waals surface area contributed by atoms with Gasteiger partial charge in [0.05, 0.1) is 23.4 Å². The number of benzene rings is 3. The number of thiazole rings is 1. The van der Waals surface area contributed by atoms with E-state index in [2.05, 4.69) is 72.6 Å². The number of aromatic nitrogens is 2. The first-order valence-electron chi connectivity index (χ1n) is 16.9. The smallest absolute Gasteiger partial charge is 0.237 e. The molecule has 1 N–H and O–H groups in total. The van der Waals surface area contributed by atoms with Gasteiger partial charge in [-0.3, -0.25) is 19.3 Å². The molecule has 0 radical (unpaired) electrons. The normalized spacial score (nSPS) is 16.9. The van der Waals surface area contributed by atoms with E-state index in [1.807, 2.05) is 29.5 Å². The number of oxazole rings is 1. The van der Waals surface area contributed by atoms with Crippen LogP contribution in [0.3, 0.4) is 0 Å². The highest BCUT2D eigenvalue weighted by molar-refractivity contribution is 7.89. The molecule has 7 rings (SSSR count). The van der Waals surface area contributed by atoms with Gasteiger partial charge >= 0.3 is 0 Å². The zero-order valence-corrected chi connectivity index (χ0v) is 30.5. The topological polar surface area (TPSA) is 132 Å². The lowest BCUT2D eigenvalue weighted by atomic mass is 9.91. The summed E-state index contributed by atoms with van der Waals surface area (Å²) >= 11 is 1.81. The van der Waals surface area contributed by atoms with Gasteiger partial charge in [0.25, 0.3) is 0 Å². The number of sulfonamides is 1. The van der Waals surface area contributed by atoms with Crippen LogP contribution >= 0.6 is 11.3 Å². The Morgan fingerprint density at radius 1 is 1.06 bits per heavy atom. The summed E-state index contributed by atoms with van der Waals surface area (Å²) in [5, 5.41) is 11.1. The predicted molar refractivity (Wildman–Crippen MR) is 196 cm³/mol. The van der Waals surface area contributed by atoms with Crippen molar-refractivity contribution < 1.29 is 17.6 Å². The Labute approximate surface area is 296 Å². The molecule has 258 valence electrons. The monoisotopic (exact) mass is 708 g/mol. The number of amides is 1. The lowest BCUT2D eigenvalue weighted by molar-refractivity contribution is -0.122. The molecule has 2 aliphatic heterocycles. The molecule has 5 aromatic rings. The van der Waals surface area contributed by atoms with Crippen LogP contribution < -0.4 is 4.72 Å². The zero-order valence-electron chi connectivity index (χ0n) is 28.9. The minimum absolute atomic E-state index is 0.391. The molecule has 0 spiro atoms. The Balaban J connectivity index is 1.16. The maximum atomic E-state index is 12.4. The molecule has 1 saturated heterocycles. The lowest BCUT2D eigenvalue weighted by Gasteiger charge is -2.29. The van der Waals surface area contributed by atoms with Crippen molar-refractivity contribution in [3.05, 3.63) is 81.4 Å². The minimum atomic E-state index is -3.61. The summed E-state index contributed by atoms with van der Waals surface area (Å²) in [4.78, 5) is 28.3. The van der Waals surface area contributed by atoms with Gasteiger partial charge < -0.3 is 4.42 Å². The average Bonchev–Trinajstić information content (AvgIpc) is 3.82. The number of nitrogens with zero attached hydrogens (tertiary/aromatic N) is 5. The summed E-state index contributed by atoms with van der Waals surface area (Å²) in [6.07, 6.45) is 2.58. The maximum absolute atomic E-state index is 12.4. The van der Waals surface area contributed by atoms with Gasteiger partial charge in [0.1, 0.15) is 16.6 Å². The average molecular weight is 709 g/mol. The summed E-state index contributed by atoms with van der Waals surface area (Å²) in [5.74, 6) is -0.448. The summed E-state index contributed by atoms with van der Waals surface area (Å²) in [7, 11) is -3.61. The van der Waals surface area contributed by atoms with E-state index in [1.165, 1.54) is 16.1 Å². The maximum Gasteiger partial charge on any atom is 0.237 e. The first-order chi connectivity index (χ1) is 23.9. The number of likely N-dealkylation sites (tertiary alicyclic amines) is 1. The highest BCUT2D eigenvalue weighted by Crippen LogP contribution is 2.40. The van der Waals surface area contributed by atoms with Gasteiger partial charge in [0.15, 0.2) is 5.58 Å². The summed E-state index contributed by atoms with van der Waals surface area (Å²) in [6.45, 7) is 12.3. The molecule has 0 bridgehead atoms. The van der Waals surface area contributed by atoms with Gasteiger partial charge in [0, 0.05) is 48.2 Å². The van der Waals surface area contributed by atoms with Crippen molar-refractivity contribution in [1.29, 1.82) is 5.26 Å². The molecule has 1 atom stereocenters. The SMILES string of the molecule is Cc1c(-c2nc3cc(CN4CC[C@@H](C(=O)NS(C)(=O)=O)C4)cc(C#N)c3o2)cccc1-c1cccc(-c2nc3c(s2)CCN(C(C)C)C3)c1C.